The molecule has 3 nitrogen and oxygen atoms in total. The van der Waals surface area contributed by atoms with Crippen LogP contribution < -0.4 is 10.6 Å². The molecule has 100 valence electrons. The number of nitrogens with zero attached hydrogens (tertiary/aromatic N) is 1. The summed E-state index contributed by atoms with van der Waals surface area (Å²) in [5, 5.41) is 7.05. The van der Waals surface area contributed by atoms with E-state index in [1.807, 2.05) is 5.51 Å². The summed E-state index contributed by atoms with van der Waals surface area (Å²) in [7, 11) is 0. The average molecular weight is 273 g/mol. The molecule has 4 heteroatoms. The number of aromatic nitrogens is 1. The summed E-state index contributed by atoms with van der Waals surface area (Å²) < 4.78 is 0. The first-order valence-electron chi connectivity index (χ1n) is 6.77. The quantitative estimate of drug-likeness (QED) is 0.898. The molecule has 19 heavy (non-hydrogen) atoms. The summed E-state index contributed by atoms with van der Waals surface area (Å²) in [5.74, 6) is 0.616. The number of hydrogen-bond acceptors (Lipinski definition) is 4. The Balaban J connectivity index is 1.61. The van der Waals surface area contributed by atoms with E-state index in [4.69, 9.17) is 0 Å². The van der Waals surface area contributed by atoms with Crippen molar-refractivity contribution < 1.29 is 0 Å². The van der Waals surface area contributed by atoms with E-state index in [-0.39, 0.29) is 0 Å². The van der Waals surface area contributed by atoms with E-state index in [0.717, 1.165) is 25.3 Å². The van der Waals surface area contributed by atoms with E-state index in [1.54, 1.807) is 11.3 Å². The minimum absolute atomic E-state index is 0.616. The third-order valence-corrected chi connectivity index (χ3v) is 4.67. The second kappa shape index (κ2) is 5.72. The van der Waals surface area contributed by atoms with E-state index in [2.05, 4.69) is 46.8 Å². The lowest BCUT2D eigenvalue weighted by Crippen LogP contribution is -2.26. The minimum atomic E-state index is 0.616. The zero-order valence-electron chi connectivity index (χ0n) is 11.1. The molecule has 2 aromatic rings. The maximum absolute atomic E-state index is 4.29. The van der Waals surface area contributed by atoms with E-state index < -0.39 is 0 Å². The fourth-order valence-corrected chi connectivity index (χ4v) is 3.37. The normalized spacial score (nSPS) is 17.8. The monoisotopic (exact) mass is 273 g/mol. The third kappa shape index (κ3) is 2.80. The van der Waals surface area contributed by atoms with Crippen LogP contribution in [0.15, 0.2) is 29.8 Å². The van der Waals surface area contributed by atoms with Gasteiger partial charge in [0.05, 0.1) is 11.2 Å². The first-order chi connectivity index (χ1) is 9.34. The zero-order chi connectivity index (χ0) is 13.1. The molecule has 1 aromatic carbocycles. The van der Waals surface area contributed by atoms with Crippen LogP contribution in [0.2, 0.25) is 0 Å². The van der Waals surface area contributed by atoms with E-state index >= 15 is 0 Å². The molecule has 3 rings (SSSR count). The lowest BCUT2D eigenvalue weighted by molar-refractivity contribution is 0.552. The van der Waals surface area contributed by atoms with Gasteiger partial charge in [0.2, 0.25) is 0 Å². The summed E-state index contributed by atoms with van der Waals surface area (Å²) in [6.07, 6.45) is 1.20. The molecule has 1 unspecified atom stereocenters. The number of aryl methyl sites for hydroxylation is 1. The van der Waals surface area contributed by atoms with Gasteiger partial charge in [-0.25, -0.2) is 4.98 Å². The lowest BCUT2D eigenvalue weighted by atomic mass is 9.91. The van der Waals surface area contributed by atoms with Crippen molar-refractivity contribution >= 4 is 17.0 Å². The zero-order valence-corrected chi connectivity index (χ0v) is 12.0. The van der Waals surface area contributed by atoms with Crippen LogP contribution in [0.1, 0.15) is 28.5 Å². The molecule has 1 atom stereocenters. The van der Waals surface area contributed by atoms with Gasteiger partial charge in [0.1, 0.15) is 0 Å². The molecular formula is C15H19N3S. The van der Waals surface area contributed by atoms with Crippen LogP contribution in [0, 0.1) is 6.92 Å². The number of rotatable bonds is 4. The topological polar surface area (TPSA) is 37.0 Å². The minimum Gasteiger partial charge on any atom is -0.385 e. The molecule has 1 aliphatic heterocycles. The number of nitrogens with one attached hydrogen (secondary N) is 2. The molecular weight excluding hydrogens is 254 g/mol. The van der Waals surface area contributed by atoms with Crippen molar-refractivity contribution in [3.05, 3.63) is 45.9 Å². The summed E-state index contributed by atoms with van der Waals surface area (Å²) in [6.45, 7) is 5.12. The molecule has 0 amide bonds. The standard InChI is InChI=1S/C15H19N3S/c1-11-15(19-10-18-11)9-16-8-12-6-7-17-14-5-3-2-4-13(12)14/h2-5,10,12,16-17H,6-9H2,1H3. The maximum atomic E-state index is 4.29. The van der Waals surface area contributed by atoms with Gasteiger partial charge in [-0.2, -0.15) is 0 Å². The summed E-state index contributed by atoms with van der Waals surface area (Å²) in [6, 6.07) is 8.65. The highest BCUT2D eigenvalue weighted by Gasteiger charge is 2.18. The van der Waals surface area contributed by atoms with Crippen molar-refractivity contribution in [1.82, 2.24) is 10.3 Å². The Kier molecular flexibility index (Phi) is 3.80. The van der Waals surface area contributed by atoms with Crippen molar-refractivity contribution in [2.45, 2.75) is 25.8 Å². The summed E-state index contributed by atoms with van der Waals surface area (Å²) in [4.78, 5) is 5.64. The first-order valence-corrected chi connectivity index (χ1v) is 7.65. The van der Waals surface area contributed by atoms with Crippen LogP contribution in [0.25, 0.3) is 0 Å². The Bertz CT molecular complexity index is 550. The van der Waals surface area contributed by atoms with Gasteiger partial charge in [0.25, 0.3) is 0 Å². The highest BCUT2D eigenvalue weighted by molar-refractivity contribution is 7.09. The molecule has 0 aliphatic carbocycles. The highest BCUT2D eigenvalue weighted by atomic mass is 32.1. The molecule has 0 fully saturated rings. The van der Waals surface area contributed by atoms with E-state index in [0.29, 0.717) is 5.92 Å². The van der Waals surface area contributed by atoms with E-state index in [9.17, 15) is 0 Å². The third-order valence-electron chi connectivity index (χ3n) is 3.73. The van der Waals surface area contributed by atoms with Crippen molar-refractivity contribution in [2.75, 3.05) is 18.4 Å². The molecule has 1 aromatic heterocycles. The first kappa shape index (κ1) is 12.6. The molecule has 0 bridgehead atoms. The van der Waals surface area contributed by atoms with Crippen LogP contribution in [0.5, 0.6) is 0 Å². The number of benzene rings is 1. The van der Waals surface area contributed by atoms with Crippen LogP contribution in [0.3, 0.4) is 0 Å². The Labute approximate surface area is 118 Å². The van der Waals surface area contributed by atoms with Crippen LogP contribution in [0.4, 0.5) is 5.69 Å². The van der Waals surface area contributed by atoms with E-state index in [1.165, 1.54) is 22.5 Å². The van der Waals surface area contributed by atoms with Crippen LogP contribution in [-0.4, -0.2) is 18.1 Å². The number of fused-ring (bicyclic) bond motifs is 1. The van der Waals surface area contributed by atoms with Gasteiger partial charge in [-0.05, 0) is 25.0 Å². The Morgan fingerprint density at radius 1 is 1.42 bits per heavy atom. The average Bonchev–Trinajstić information content (AvgIpc) is 2.85. The van der Waals surface area contributed by atoms with Crippen molar-refractivity contribution in [3.8, 4) is 0 Å². The molecule has 1 aliphatic rings. The molecule has 2 heterocycles. The van der Waals surface area contributed by atoms with Gasteiger partial charge in [0, 0.05) is 36.1 Å². The predicted octanol–water partition coefficient (Wildman–Crippen LogP) is 3.14. The van der Waals surface area contributed by atoms with Crippen LogP contribution >= 0.6 is 11.3 Å². The molecule has 0 saturated heterocycles. The second-order valence-electron chi connectivity index (χ2n) is 4.99. The lowest BCUT2D eigenvalue weighted by Gasteiger charge is -2.26. The van der Waals surface area contributed by atoms with Gasteiger partial charge >= 0.3 is 0 Å². The molecule has 0 radical (unpaired) electrons. The van der Waals surface area contributed by atoms with Gasteiger partial charge in [-0.3, -0.25) is 0 Å². The number of anilines is 1. The molecule has 0 spiro atoms. The maximum Gasteiger partial charge on any atom is 0.0798 e. The highest BCUT2D eigenvalue weighted by Crippen LogP contribution is 2.30. The molecule has 0 saturated carbocycles. The van der Waals surface area contributed by atoms with Crippen molar-refractivity contribution in [1.29, 1.82) is 0 Å². The Morgan fingerprint density at radius 3 is 3.16 bits per heavy atom. The SMILES string of the molecule is Cc1ncsc1CNCC1CCNc2ccccc21. The van der Waals surface area contributed by atoms with Gasteiger partial charge in [-0.1, -0.05) is 18.2 Å². The number of hydrogen-bond donors (Lipinski definition) is 2. The largest absolute Gasteiger partial charge is 0.385 e. The van der Waals surface area contributed by atoms with Gasteiger partial charge < -0.3 is 10.6 Å². The van der Waals surface area contributed by atoms with Gasteiger partial charge in [0.15, 0.2) is 0 Å². The van der Waals surface area contributed by atoms with Crippen molar-refractivity contribution in [3.63, 3.8) is 0 Å². The van der Waals surface area contributed by atoms with Gasteiger partial charge in [-0.15, -0.1) is 11.3 Å². The number of thiazole rings is 1. The fourth-order valence-electron chi connectivity index (χ4n) is 2.62. The Hall–Kier alpha value is -1.39. The smallest absolute Gasteiger partial charge is 0.0798 e. The van der Waals surface area contributed by atoms with Crippen molar-refractivity contribution in [2.24, 2.45) is 0 Å². The fraction of sp³-hybridized carbons (Fsp3) is 0.400. The summed E-state index contributed by atoms with van der Waals surface area (Å²) >= 11 is 1.74. The predicted molar refractivity (Wildman–Crippen MR) is 80.8 cm³/mol. The molecule has 2 N–H and O–H groups in total. The van der Waals surface area contributed by atoms with Crippen LogP contribution in [-0.2, 0) is 6.54 Å². The second-order valence-corrected chi connectivity index (χ2v) is 5.93. The Morgan fingerprint density at radius 2 is 2.32 bits per heavy atom. The number of para-hydroxylation sites is 1. The summed E-state index contributed by atoms with van der Waals surface area (Å²) in [5.41, 5.74) is 5.83.